The van der Waals surface area contributed by atoms with Crippen LogP contribution in [0.3, 0.4) is 0 Å². The van der Waals surface area contributed by atoms with Crippen molar-refractivity contribution in [3.8, 4) is 10.7 Å². The van der Waals surface area contributed by atoms with Crippen LogP contribution in [0, 0.1) is 0 Å². The van der Waals surface area contributed by atoms with Gasteiger partial charge in [0, 0.05) is 6.20 Å². The maximum atomic E-state index is 12.4. The van der Waals surface area contributed by atoms with Crippen LogP contribution < -0.4 is 0 Å². The fourth-order valence-electron chi connectivity index (χ4n) is 1.67. The summed E-state index contributed by atoms with van der Waals surface area (Å²) in [6, 6.07) is 9.91. The first kappa shape index (κ1) is 12.1. The van der Waals surface area contributed by atoms with E-state index in [2.05, 4.69) is 9.97 Å². The van der Waals surface area contributed by atoms with Gasteiger partial charge in [-0.1, -0.05) is 12.1 Å². The molecule has 0 bridgehead atoms. The Kier molecular flexibility index (Phi) is 2.74. The first-order valence-electron chi connectivity index (χ1n) is 5.43. The lowest BCUT2D eigenvalue weighted by atomic mass is 10.2. The van der Waals surface area contributed by atoms with Crippen LogP contribution in [-0.4, -0.2) is 9.97 Å². The van der Waals surface area contributed by atoms with Crippen LogP contribution >= 0.6 is 11.3 Å². The molecule has 0 amide bonds. The zero-order valence-corrected chi connectivity index (χ0v) is 10.3. The molecule has 0 aliphatic heterocycles. The lowest BCUT2D eigenvalue weighted by molar-refractivity contribution is -0.137. The maximum absolute atomic E-state index is 12.4. The maximum Gasteiger partial charge on any atom is 0.417 e. The number of hydrogen-bond acceptors (Lipinski definition) is 3. The number of rotatable bonds is 1. The third-order valence-corrected chi connectivity index (χ3v) is 3.66. The van der Waals surface area contributed by atoms with Crippen LogP contribution in [0.15, 0.2) is 42.6 Å². The van der Waals surface area contributed by atoms with E-state index in [-0.39, 0.29) is 0 Å². The Morgan fingerprint density at radius 2 is 1.79 bits per heavy atom. The second-order valence-corrected chi connectivity index (χ2v) is 4.95. The second-order valence-electron chi connectivity index (χ2n) is 3.92. The van der Waals surface area contributed by atoms with Crippen molar-refractivity contribution in [3.05, 3.63) is 48.2 Å². The molecule has 0 radical (unpaired) electrons. The Morgan fingerprint density at radius 1 is 1.00 bits per heavy atom. The highest BCUT2D eigenvalue weighted by Gasteiger charge is 2.30. The normalized spacial score (nSPS) is 11.9. The molecular weight excluding hydrogens is 273 g/mol. The number of pyridine rings is 1. The molecule has 0 unspecified atom stereocenters. The van der Waals surface area contributed by atoms with Crippen LogP contribution in [0.4, 0.5) is 13.2 Å². The number of halogens is 3. The number of para-hydroxylation sites is 1. The molecule has 2 aromatic heterocycles. The van der Waals surface area contributed by atoms with Crippen LogP contribution in [0.1, 0.15) is 5.56 Å². The molecule has 3 rings (SSSR count). The van der Waals surface area contributed by atoms with Crippen LogP contribution in [0.5, 0.6) is 0 Å². The minimum absolute atomic E-state index is 0.453. The molecule has 0 saturated carbocycles. The SMILES string of the molecule is FC(F)(F)c1ccc(-c2nc3ccccc3s2)nc1. The second kappa shape index (κ2) is 4.31. The summed E-state index contributed by atoms with van der Waals surface area (Å²) >= 11 is 1.41. The molecule has 0 spiro atoms. The third kappa shape index (κ3) is 2.31. The summed E-state index contributed by atoms with van der Waals surface area (Å²) in [5, 5.41) is 0.620. The van der Waals surface area contributed by atoms with Crippen molar-refractivity contribution >= 4 is 21.6 Å². The van der Waals surface area contributed by atoms with Gasteiger partial charge < -0.3 is 0 Å². The van der Waals surface area contributed by atoms with Crippen LogP contribution in [0.25, 0.3) is 20.9 Å². The van der Waals surface area contributed by atoms with E-state index in [1.165, 1.54) is 17.4 Å². The van der Waals surface area contributed by atoms with Gasteiger partial charge >= 0.3 is 6.18 Å². The molecular formula is C13H7F3N2S. The van der Waals surface area contributed by atoms with Gasteiger partial charge in [-0.05, 0) is 24.3 Å². The average Bonchev–Trinajstić information content (AvgIpc) is 2.81. The molecule has 96 valence electrons. The van der Waals surface area contributed by atoms with Crippen molar-refractivity contribution < 1.29 is 13.2 Å². The topological polar surface area (TPSA) is 25.8 Å². The zero-order valence-electron chi connectivity index (χ0n) is 9.48. The first-order valence-corrected chi connectivity index (χ1v) is 6.25. The minimum Gasteiger partial charge on any atom is -0.253 e. The molecule has 0 aliphatic rings. The summed E-state index contributed by atoms with van der Waals surface area (Å²) in [6.45, 7) is 0. The van der Waals surface area contributed by atoms with E-state index >= 15 is 0 Å². The molecule has 0 fully saturated rings. The van der Waals surface area contributed by atoms with Crippen LogP contribution in [0.2, 0.25) is 0 Å². The minimum atomic E-state index is -4.36. The van der Waals surface area contributed by atoms with Crippen LogP contribution in [-0.2, 0) is 6.18 Å². The number of fused-ring (bicyclic) bond motifs is 1. The number of nitrogens with zero attached hydrogens (tertiary/aromatic N) is 2. The fraction of sp³-hybridized carbons (Fsp3) is 0.0769. The molecule has 1 aromatic carbocycles. The van der Waals surface area contributed by atoms with Crippen molar-refractivity contribution in [2.45, 2.75) is 6.18 Å². The summed E-state index contributed by atoms with van der Waals surface area (Å²) in [7, 11) is 0. The first-order chi connectivity index (χ1) is 9.04. The van der Waals surface area contributed by atoms with E-state index in [0.717, 1.165) is 22.5 Å². The lowest BCUT2D eigenvalue weighted by Gasteiger charge is -2.05. The summed E-state index contributed by atoms with van der Waals surface area (Å²) < 4.78 is 38.3. The van der Waals surface area contributed by atoms with Gasteiger partial charge in [0.15, 0.2) is 0 Å². The predicted octanol–water partition coefficient (Wildman–Crippen LogP) is 4.38. The molecule has 0 N–H and O–H groups in total. The molecule has 19 heavy (non-hydrogen) atoms. The Balaban J connectivity index is 2.02. The van der Waals surface area contributed by atoms with Gasteiger partial charge in [0.25, 0.3) is 0 Å². The largest absolute Gasteiger partial charge is 0.417 e. The van der Waals surface area contributed by atoms with E-state index in [9.17, 15) is 13.2 Å². The third-order valence-electron chi connectivity index (χ3n) is 2.60. The predicted molar refractivity (Wildman–Crippen MR) is 67.9 cm³/mol. The van der Waals surface area contributed by atoms with Crippen molar-refractivity contribution in [1.82, 2.24) is 9.97 Å². The Hall–Kier alpha value is -1.95. The Bertz CT molecular complexity index is 684. The summed E-state index contributed by atoms with van der Waals surface area (Å²) in [6.07, 6.45) is -3.53. The number of alkyl halides is 3. The molecule has 0 atom stereocenters. The smallest absolute Gasteiger partial charge is 0.253 e. The van der Waals surface area contributed by atoms with E-state index in [1.807, 2.05) is 24.3 Å². The number of aromatic nitrogens is 2. The van der Waals surface area contributed by atoms with Gasteiger partial charge in [-0.25, -0.2) is 4.98 Å². The van der Waals surface area contributed by atoms with Gasteiger partial charge in [0.1, 0.15) is 5.01 Å². The standard InChI is InChI=1S/C13H7F3N2S/c14-13(15,16)8-5-6-10(17-7-8)12-18-9-3-1-2-4-11(9)19-12/h1-7H. The molecule has 6 heteroatoms. The van der Waals surface area contributed by atoms with Gasteiger partial charge in [-0.15, -0.1) is 11.3 Å². The highest BCUT2D eigenvalue weighted by Crippen LogP contribution is 2.32. The Labute approximate surface area is 110 Å². The van der Waals surface area contributed by atoms with Gasteiger partial charge in [0.05, 0.1) is 21.5 Å². The average molecular weight is 280 g/mol. The van der Waals surface area contributed by atoms with E-state index in [0.29, 0.717) is 10.7 Å². The number of thiazole rings is 1. The molecule has 2 heterocycles. The number of hydrogen-bond donors (Lipinski definition) is 0. The van der Waals surface area contributed by atoms with Crippen molar-refractivity contribution in [3.63, 3.8) is 0 Å². The fourth-order valence-corrected chi connectivity index (χ4v) is 2.61. The summed E-state index contributed by atoms with van der Waals surface area (Å²) in [4.78, 5) is 8.19. The van der Waals surface area contributed by atoms with Crippen molar-refractivity contribution in [2.75, 3.05) is 0 Å². The zero-order chi connectivity index (χ0) is 13.5. The summed E-state index contributed by atoms with van der Waals surface area (Å²) in [5.74, 6) is 0. The molecule has 2 nitrogen and oxygen atoms in total. The van der Waals surface area contributed by atoms with Crippen molar-refractivity contribution in [2.24, 2.45) is 0 Å². The van der Waals surface area contributed by atoms with E-state index < -0.39 is 11.7 Å². The van der Waals surface area contributed by atoms with Gasteiger partial charge in [-0.3, -0.25) is 4.98 Å². The number of benzene rings is 1. The Morgan fingerprint density at radius 3 is 2.42 bits per heavy atom. The van der Waals surface area contributed by atoms with Crippen molar-refractivity contribution in [1.29, 1.82) is 0 Å². The van der Waals surface area contributed by atoms with Gasteiger partial charge in [0.2, 0.25) is 0 Å². The summed E-state index contributed by atoms with van der Waals surface area (Å²) in [5.41, 5.74) is 0.524. The molecule has 0 aliphatic carbocycles. The monoisotopic (exact) mass is 280 g/mol. The van der Waals surface area contributed by atoms with E-state index in [4.69, 9.17) is 0 Å². The highest BCUT2D eigenvalue weighted by molar-refractivity contribution is 7.21. The molecule has 3 aromatic rings. The molecule has 0 saturated heterocycles. The quantitative estimate of drug-likeness (QED) is 0.661. The lowest BCUT2D eigenvalue weighted by Crippen LogP contribution is -2.05. The van der Waals surface area contributed by atoms with Gasteiger partial charge in [-0.2, -0.15) is 13.2 Å². The highest BCUT2D eigenvalue weighted by atomic mass is 32.1. The van der Waals surface area contributed by atoms with E-state index in [1.54, 1.807) is 0 Å².